The largest absolute Gasteiger partial charge is 0.507 e. The summed E-state index contributed by atoms with van der Waals surface area (Å²) in [6.45, 7) is 0. The lowest BCUT2D eigenvalue weighted by atomic mass is 10.1. The van der Waals surface area contributed by atoms with Gasteiger partial charge in [0.1, 0.15) is 11.3 Å². The molecule has 0 aliphatic heterocycles. The molecule has 0 aliphatic carbocycles. The molecule has 0 bridgehead atoms. The third kappa shape index (κ3) is 3.53. The molecular formula is C14H9BrClNO4. The average molecular weight is 371 g/mol. The lowest BCUT2D eigenvalue weighted by molar-refractivity contribution is 0.0693. The van der Waals surface area contributed by atoms with E-state index in [1.807, 2.05) is 0 Å². The lowest BCUT2D eigenvalue weighted by Gasteiger charge is -2.08. The van der Waals surface area contributed by atoms with Gasteiger partial charge in [-0.25, -0.2) is 4.79 Å². The zero-order chi connectivity index (χ0) is 15.6. The molecular weight excluding hydrogens is 362 g/mol. The number of aromatic carboxylic acids is 1. The summed E-state index contributed by atoms with van der Waals surface area (Å²) in [4.78, 5) is 23.0. The van der Waals surface area contributed by atoms with Gasteiger partial charge in [0, 0.05) is 15.2 Å². The summed E-state index contributed by atoms with van der Waals surface area (Å²) in [6.07, 6.45) is 0. The van der Waals surface area contributed by atoms with Crippen LogP contribution in [0.4, 0.5) is 5.69 Å². The maximum atomic E-state index is 12.1. The first kappa shape index (κ1) is 15.3. The molecule has 0 saturated carbocycles. The van der Waals surface area contributed by atoms with Crippen molar-refractivity contribution in [2.24, 2.45) is 0 Å². The summed E-state index contributed by atoms with van der Waals surface area (Å²) in [5.74, 6) is -2.08. The van der Waals surface area contributed by atoms with Crippen molar-refractivity contribution in [3.05, 3.63) is 57.0 Å². The summed E-state index contributed by atoms with van der Waals surface area (Å²) in [5, 5.41) is 21.4. The van der Waals surface area contributed by atoms with Crippen LogP contribution in [0.3, 0.4) is 0 Å². The average Bonchev–Trinajstić information content (AvgIpc) is 2.40. The molecule has 21 heavy (non-hydrogen) atoms. The molecule has 5 nitrogen and oxygen atoms in total. The van der Waals surface area contributed by atoms with E-state index in [1.165, 1.54) is 18.2 Å². The van der Waals surface area contributed by atoms with Crippen LogP contribution in [0.2, 0.25) is 5.02 Å². The van der Waals surface area contributed by atoms with Gasteiger partial charge in [-0.2, -0.15) is 0 Å². The van der Waals surface area contributed by atoms with Gasteiger partial charge in [0.25, 0.3) is 5.91 Å². The second kappa shape index (κ2) is 6.15. The summed E-state index contributed by atoms with van der Waals surface area (Å²) in [7, 11) is 0. The number of anilines is 1. The third-order valence-electron chi connectivity index (χ3n) is 2.66. The van der Waals surface area contributed by atoms with Crippen LogP contribution in [0, 0.1) is 0 Å². The highest BCUT2D eigenvalue weighted by Gasteiger charge is 2.14. The molecule has 0 spiro atoms. The van der Waals surface area contributed by atoms with Gasteiger partial charge >= 0.3 is 5.97 Å². The van der Waals surface area contributed by atoms with Crippen LogP contribution >= 0.6 is 27.5 Å². The van der Waals surface area contributed by atoms with Gasteiger partial charge in [-0.3, -0.25) is 4.79 Å². The van der Waals surface area contributed by atoms with Crippen LogP contribution in [0.5, 0.6) is 5.75 Å². The molecule has 2 aromatic carbocycles. The number of aromatic hydroxyl groups is 1. The second-order valence-corrected chi connectivity index (χ2v) is 5.41. The number of benzene rings is 2. The zero-order valence-electron chi connectivity index (χ0n) is 10.4. The Balaban J connectivity index is 2.27. The van der Waals surface area contributed by atoms with Crippen molar-refractivity contribution in [1.82, 2.24) is 0 Å². The predicted molar refractivity (Wildman–Crippen MR) is 82.2 cm³/mol. The summed E-state index contributed by atoms with van der Waals surface area (Å²) < 4.78 is 0.518. The van der Waals surface area contributed by atoms with Crippen molar-refractivity contribution in [2.45, 2.75) is 0 Å². The van der Waals surface area contributed by atoms with E-state index in [9.17, 15) is 14.7 Å². The van der Waals surface area contributed by atoms with E-state index in [0.29, 0.717) is 15.1 Å². The molecule has 2 rings (SSSR count). The topological polar surface area (TPSA) is 86.6 Å². The number of carbonyl (C=O) groups is 2. The van der Waals surface area contributed by atoms with Gasteiger partial charge in [0.05, 0.1) is 5.56 Å². The van der Waals surface area contributed by atoms with Crippen LogP contribution in [-0.2, 0) is 0 Å². The van der Waals surface area contributed by atoms with Gasteiger partial charge < -0.3 is 15.5 Å². The minimum Gasteiger partial charge on any atom is -0.507 e. The maximum absolute atomic E-state index is 12.1. The normalized spacial score (nSPS) is 10.2. The van der Waals surface area contributed by atoms with Gasteiger partial charge in [-0.05, 0) is 52.3 Å². The monoisotopic (exact) mass is 369 g/mol. The SMILES string of the molecule is O=C(O)c1cc(NC(=O)c2ccc(Cl)cc2Br)ccc1O. The van der Waals surface area contributed by atoms with Gasteiger partial charge in [-0.1, -0.05) is 11.6 Å². The smallest absolute Gasteiger partial charge is 0.339 e. The van der Waals surface area contributed by atoms with Crippen LogP contribution in [0.1, 0.15) is 20.7 Å². The Morgan fingerprint density at radius 1 is 1.10 bits per heavy atom. The van der Waals surface area contributed by atoms with E-state index in [1.54, 1.807) is 18.2 Å². The summed E-state index contributed by atoms with van der Waals surface area (Å²) >= 11 is 9.03. The first-order valence-corrected chi connectivity index (χ1v) is 6.88. The van der Waals surface area contributed by atoms with Gasteiger partial charge in [0.2, 0.25) is 0 Å². The number of carbonyl (C=O) groups excluding carboxylic acids is 1. The Kier molecular flexibility index (Phi) is 4.50. The molecule has 0 saturated heterocycles. The van der Waals surface area contributed by atoms with E-state index < -0.39 is 11.9 Å². The highest BCUT2D eigenvalue weighted by atomic mass is 79.9. The molecule has 0 unspecified atom stereocenters. The van der Waals surface area contributed by atoms with E-state index in [0.717, 1.165) is 0 Å². The summed E-state index contributed by atoms with van der Waals surface area (Å²) in [5.41, 5.74) is 0.323. The van der Waals surface area contributed by atoms with Crippen molar-refractivity contribution in [1.29, 1.82) is 0 Å². The van der Waals surface area contributed by atoms with E-state index >= 15 is 0 Å². The number of carboxylic acid groups (broad SMARTS) is 1. The number of halogens is 2. The number of rotatable bonds is 3. The fraction of sp³-hybridized carbons (Fsp3) is 0. The van der Waals surface area contributed by atoms with Crippen molar-refractivity contribution in [3.63, 3.8) is 0 Å². The van der Waals surface area contributed by atoms with Crippen LogP contribution in [-0.4, -0.2) is 22.1 Å². The van der Waals surface area contributed by atoms with Crippen molar-refractivity contribution in [3.8, 4) is 5.75 Å². The molecule has 0 aromatic heterocycles. The third-order valence-corrected chi connectivity index (χ3v) is 3.55. The number of hydrogen-bond donors (Lipinski definition) is 3. The molecule has 2 aromatic rings. The molecule has 3 N–H and O–H groups in total. The first-order valence-electron chi connectivity index (χ1n) is 5.71. The Hall–Kier alpha value is -2.05. The molecule has 0 atom stereocenters. The molecule has 0 fully saturated rings. The first-order chi connectivity index (χ1) is 9.88. The molecule has 0 heterocycles. The predicted octanol–water partition coefficient (Wildman–Crippen LogP) is 3.76. The Morgan fingerprint density at radius 3 is 2.43 bits per heavy atom. The van der Waals surface area contributed by atoms with Gasteiger partial charge in [-0.15, -0.1) is 0 Å². The molecule has 0 radical (unpaired) electrons. The minimum atomic E-state index is -1.28. The number of phenols is 1. The number of amides is 1. The van der Waals surface area contributed by atoms with E-state index in [4.69, 9.17) is 16.7 Å². The van der Waals surface area contributed by atoms with Gasteiger partial charge in [0.15, 0.2) is 0 Å². The Morgan fingerprint density at radius 2 is 1.81 bits per heavy atom. The van der Waals surface area contributed by atoms with Crippen LogP contribution in [0.25, 0.3) is 0 Å². The van der Waals surface area contributed by atoms with E-state index in [2.05, 4.69) is 21.2 Å². The highest BCUT2D eigenvalue weighted by Crippen LogP contribution is 2.24. The molecule has 108 valence electrons. The number of nitrogens with one attached hydrogen (secondary N) is 1. The molecule has 0 aliphatic rings. The van der Waals surface area contributed by atoms with Crippen molar-refractivity contribution in [2.75, 3.05) is 5.32 Å². The molecule has 1 amide bonds. The molecule has 7 heteroatoms. The quantitative estimate of drug-likeness (QED) is 0.718. The fourth-order valence-corrected chi connectivity index (χ4v) is 2.52. The lowest BCUT2D eigenvalue weighted by Crippen LogP contribution is -2.13. The van der Waals surface area contributed by atoms with Crippen molar-refractivity contribution < 1.29 is 19.8 Å². The Labute approximate surface area is 133 Å². The maximum Gasteiger partial charge on any atom is 0.339 e. The summed E-state index contributed by atoms with van der Waals surface area (Å²) in [6, 6.07) is 8.48. The fourth-order valence-electron chi connectivity index (χ4n) is 1.66. The minimum absolute atomic E-state index is 0.261. The zero-order valence-corrected chi connectivity index (χ0v) is 12.8. The van der Waals surface area contributed by atoms with Crippen LogP contribution in [0.15, 0.2) is 40.9 Å². The standard InChI is InChI=1S/C14H9BrClNO4/c15-11-5-7(16)1-3-9(11)13(19)17-8-2-4-12(18)10(6-8)14(20)21/h1-6,18H,(H,17,19)(H,20,21). The Bertz CT molecular complexity index is 733. The number of hydrogen-bond acceptors (Lipinski definition) is 3. The number of carboxylic acids is 1. The van der Waals surface area contributed by atoms with E-state index in [-0.39, 0.29) is 17.0 Å². The van der Waals surface area contributed by atoms with Crippen LogP contribution < -0.4 is 5.32 Å². The van der Waals surface area contributed by atoms with Crippen molar-refractivity contribution >= 4 is 45.1 Å². The highest BCUT2D eigenvalue weighted by molar-refractivity contribution is 9.10. The second-order valence-electron chi connectivity index (χ2n) is 4.12.